The van der Waals surface area contributed by atoms with Crippen LogP contribution in [-0.2, 0) is 13.1 Å². The highest BCUT2D eigenvalue weighted by atomic mass is 16.1. The average molecular weight is 279 g/mol. The fraction of sp³-hybridized carbons (Fsp3) is 0.750. The highest BCUT2D eigenvalue weighted by Gasteiger charge is 2.11. The van der Waals surface area contributed by atoms with E-state index < -0.39 is 0 Å². The highest BCUT2D eigenvalue weighted by Crippen LogP contribution is 2.11. The Morgan fingerprint density at radius 3 is 2.55 bits per heavy atom. The van der Waals surface area contributed by atoms with Crippen molar-refractivity contribution in [1.29, 1.82) is 0 Å². The first-order valence-corrected chi connectivity index (χ1v) is 7.77. The van der Waals surface area contributed by atoms with Crippen LogP contribution in [0.4, 0.5) is 0 Å². The second kappa shape index (κ2) is 8.20. The molecular formula is C16H29N3O. The van der Waals surface area contributed by atoms with Gasteiger partial charge in [-0.15, -0.1) is 0 Å². The molecule has 1 heterocycles. The van der Waals surface area contributed by atoms with Gasteiger partial charge in [0.1, 0.15) is 0 Å². The van der Waals surface area contributed by atoms with Gasteiger partial charge in [0, 0.05) is 18.7 Å². The molecule has 4 nitrogen and oxygen atoms in total. The van der Waals surface area contributed by atoms with Crippen molar-refractivity contribution in [3.63, 3.8) is 0 Å². The summed E-state index contributed by atoms with van der Waals surface area (Å²) >= 11 is 0. The minimum absolute atomic E-state index is 0.0482. The smallest absolute Gasteiger partial charge is 0.271 e. The Morgan fingerprint density at radius 2 is 2.00 bits per heavy atom. The van der Waals surface area contributed by atoms with E-state index in [0.717, 1.165) is 30.6 Å². The largest absolute Gasteiger partial charge is 0.312 e. The molecule has 0 unspecified atom stereocenters. The lowest BCUT2D eigenvalue weighted by molar-refractivity contribution is 0.450. The van der Waals surface area contributed by atoms with Gasteiger partial charge < -0.3 is 5.32 Å². The van der Waals surface area contributed by atoms with E-state index in [-0.39, 0.29) is 5.56 Å². The van der Waals surface area contributed by atoms with Gasteiger partial charge in [-0.05, 0) is 30.9 Å². The van der Waals surface area contributed by atoms with Crippen LogP contribution in [0.15, 0.2) is 10.9 Å². The van der Waals surface area contributed by atoms with Crippen molar-refractivity contribution < 1.29 is 0 Å². The Hall–Kier alpha value is -1.16. The molecule has 0 fully saturated rings. The second-order valence-electron chi connectivity index (χ2n) is 6.16. The lowest BCUT2D eigenvalue weighted by atomic mass is 10.1. The first-order chi connectivity index (χ1) is 9.45. The van der Waals surface area contributed by atoms with Crippen LogP contribution in [0.3, 0.4) is 0 Å². The molecule has 0 saturated heterocycles. The van der Waals surface area contributed by atoms with E-state index in [0.29, 0.717) is 24.9 Å². The zero-order chi connectivity index (χ0) is 15.1. The second-order valence-corrected chi connectivity index (χ2v) is 6.16. The number of hydrogen-bond acceptors (Lipinski definition) is 3. The number of nitrogens with zero attached hydrogens (tertiary/aromatic N) is 2. The Morgan fingerprint density at radius 1 is 1.30 bits per heavy atom. The molecule has 0 aromatic carbocycles. The maximum absolute atomic E-state index is 12.4. The van der Waals surface area contributed by atoms with Crippen LogP contribution < -0.4 is 10.9 Å². The number of nitrogens with one attached hydrogen (secondary N) is 1. The van der Waals surface area contributed by atoms with Crippen molar-refractivity contribution in [1.82, 2.24) is 15.1 Å². The summed E-state index contributed by atoms with van der Waals surface area (Å²) in [5.41, 5.74) is 1.88. The molecule has 0 amide bonds. The standard InChI is InChI=1S/C16H29N3O/c1-6-7-8-17-10-14-9-15(13(4)5)18-19(16(14)20)11-12(2)3/h9,12-13,17H,6-8,10-11H2,1-5H3. The van der Waals surface area contributed by atoms with Gasteiger partial charge in [0.05, 0.1) is 5.69 Å². The van der Waals surface area contributed by atoms with Gasteiger partial charge in [-0.2, -0.15) is 5.10 Å². The van der Waals surface area contributed by atoms with Crippen LogP contribution in [0.25, 0.3) is 0 Å². The molecule has 1 rings (SSSR count). The van der Waals surface area contributed by atoms with Gasteiger partial charge in [-0.3, -0.25) is 4.79 Å². The first-order valence-electron chi connectivity index (χ1n) is 7.77. The van der Waals surface area contributed by atoms with Crippen molar-refractivity contribution in [3.8, 4) is 0 Å². The third kappa shape index (κ3) is 5.08. The molecule has 114 valence electrons. The zero-order valence-corrected chi connectivity index (χ0v) is 13.6. The average Bonchev–Trinajstić information content (AvgIpc) is 2.37. The van der Waals surface area contributed by atoms with E-state index in [9.17, 15) is 4.79 Å². The molecule has 0 bridgehead atoms. The number of aromatic nitrogens is 2. The summed E-state index contributed by atoms with van der Waals surface area (Å²) in [6.45, 7) is 12.9. The van der Waals surface area contributed by atoms with Crippen molar-refractivity contribution in [2.75, 3.05) is 6.54 Å². The van der Waals surface area contributed by atoms with E-state index in [1.165, 1.54) is 0 Å². The summed E-state index contributed by atoms with van der Waals surface area (Å²) in [6, 6.07) is 1.96. The molecule has 0 atom stereocenters. The van der Waals surface area contributed by atoms with Gasteiger partial charge in [-0.1, -0.05) is 41.0 Å². The molecule has 0 saturated carbocycles. The van der Waals surface area contributed by atoms with Crippen LogP contribution in [0.2, 0.25) is 0 Å². The van der Waals surface area contributed by atoms with Crippen LogP contribution in [0, 0.1) is 5.92 Å². The molecule has 0 aliphatic rings. The van der Waals surface area contributed by atoms with Crippen LogP contribution >= 0.6 is 0 Å². The zero-order valence-electron chi connectivity index (χ0n) is 13.6. The fourth-order valence-corrected chi connectivity index (χ4v) is 2.02. The quantitative estimate of drug-likeness (QED) is 0.744. The third-order valence-corrected chi connectivity index (χ3v) is 3.22. The highest BCUT2D eigenvalue weighted by molar-refractivity contribution is 5.16. The lowest BCUT2D eigenvalue weighted by Gasteiger charge is -2.14. The van der Waals surface area contributed by atoms with Crippen LogP contribution in [0.5, 0.6) is 0 Å². The molecule has 1 N–H and O–H groups in total. The summed E-state index contributed by atoms with van der Waals surface area (Å²) < 4.78 is 1.64. The van der Waals surface area contributed by atoms with Gasteiger partial charge in [0.25, 0.3) is 5.56 Å². The molecular weight excluding hydrogens is 250 g/mol. The molecule has 20 heavy (non-hydrogen) atoms. The predicted octanol–water partition coefficient (Wildman–Crippen LogP) is 2.91. The maximum Gasteiger partial charge on any atom is 0.271 e. The minimum Gasteiger partial charge on any atom is -0.312 e. The predicted molar refractivity (Wildman–Crippen MR) is 84.0 cm³/mol. The van der Waals surface area contributed by atoms with Crippen molar-refractivity contribution in [2.45, 2.75) is 66.5 Å². The third-order valence-electron chi connectivity index (χ3n) is 3.22. The molecule has 4 heteroatoms. The topological polar surface area (TPSA) is 46.9 Å². The summed E-state index contributed by atoms with van der Waals surface area (Å²) in [4.78, 5) is 12.4. The summed E-state index contributed by atoms with van der Waals surface area (Å²) in [5.74, 6) is 0.756. The Bertz CT molecular complexity index is 463. The molecule has 1 aromatic heterocycles. The van der Waals surface area contributed by atoms with Crippen molar-refractivity contribution in [2.24, 2.45) is 5.92 Å². The molecule has 0 spiro atoms. The van der Waals surface area contributed by atoms with Gasteiger partial charge >= 0.3 is 0 Å². The van der Waals surface area contributed by atoms with Crippen molar-refractivity contribution in [3.05, 3.63) is 27.7 Å². The number of hydrogen-bond donors (Lipinski definition) is 1. The van der Waals surface area contributed by atoms with Crippen molar-refractivity contribution >= 4 is 0 Å². The Kier molecular flexibility index (Phi) is 6.93. The summed E-state index contributed by atoms with van der Waals surface area (Å²) in [7, 11) is 0. The molecule has 1 aromatic rings. The van der Waals surface area contributed by atoms with E-state index >= 15 is 0 Å². The minimum atomic E-state index is 0.0482. The Balaban J connectivity index is 2.96. The number of rotatable bonds is 8. The van der Waals surface area contributed by atoms with Crippen LogP contribution in [-0.4, -0.2) is 16.3 Å². The molecule has 0 aliphatic heterocycles. The fourth-order valence-electron chi connectivity index (χ4n) is 2.02. The normalized spacial score (nSPS) is 11.6. The Labute approximate surface area is 122 Å². The van der Waals surface area contributed by atoms with E-state index in [2.05, 4.69) is 45.0 Å². The van der Waals surface area contributed by atoms with Gasteiger partial charge in [-0.25, -0.2) is 4.68 Å². The van der Waals surface area contributed by atoms with E-state index in [1.54, 1.807) is 4.68 Å². The maximum atomic E-state index is 12.4. The molecule has 0 radical (unpaired) electrons. The lowest BCUT2D eigenvalue weighted by Crippen LogP contribution is -2.31. The monoisotopic (exact) mass is 279 g/mol. The van der Waals surface area contributed by atoms with Crippen LogP contribution in [0.1, 0.15) is 64.6 Å². The summed E-state index contributed by atoms with van der Waals surface area (Å²) in [5, 5.41) is 7.84. The van der Waals surface area contributed by atoms with Gasteiger partial charge in [0.15, 0.2) is 0 Å². The van der Waals surface area contributed by atoms with E-state index in [1.807, 2.05) is 6.07 Å². The SMILES string of the molecule is CCCCNCc1cc(C(C)C)nn(CC(C)C)c1=O. The summed E-state index contributed by atoms with van der Waals surface area (Å²) in [6.07, 6.45) is 2.31. The molecule has 0 aliphatic carbocycles. The van der Waals surface area contributed by atoms with Gasteiger partial charge in [0.2, 0.25) is 0 Å². The number of unbranched alkanes of at least 4 members (excludes halogenated alkanes) is 1. The van der Waals surface area contributed by atoms with E-state index in [4.69, 9.17) is 0 Å². The first kappa shape index (κ1) is 16.9.